The Labute approximate surface area is 116 Å². The zero-order chi connectivity index (χ0) is 13.5. The molecule has 100 valence electrons. The highest BCUT2D eigenvalue weighted by molar-refractivity contribution is 9.11. The van der Waals surface area contributed by atoms with Gasteiger partial charge in [-0.2, -0.15) is 0 Å². The molecule has 1 saturated carbocycles. The van der Waals surface area contributed by atoms with Crippen molar-refractivity contribution in [1.29, 1.82) is 0 Å². The van der Waals surface area contributed by atoms with Gasteiger partial charge in [0.1, 0.15) is 9.77 Å². The van der Waals surface area contributed by atoms with E-state index in [1.165, 1.54) is 0 Å². The van der Waals surface area contributed by atoms with Gasteiger partial charge in [0, 0.05) is 6.04 Å². The number of nitrogens with one attached hydrogen (secondary N) is 1. The lowest BCUT2D eigenvalue weighted by molar-refractivity contribution is 0.0699. The molecule has 0 atom stereocenters. The minimum Gasteiger partial charge on any atom is -0.477 e. The molecule has 0 radical (unpaired) electrons. The number of aliphatic hydroxyl groups excluding tert-OH is 1. The average molecular weight is 356 g/mol. The van der Waals surface area contributed by atoms with Gasteiger partial charge in [-0.05, 0) is 34.8 Å². The van der Waals surface area contributed by atoms with E-state index in [-0.39, 0.29) is 19.6 Å². The van der Waals surface area contributed by atoms with Crippen molar-refractivity contribution < 1.29 is 23.4 Å². The molecule has 1 aromatic heterocycles. The average Bonchev–Trinajstić information content (AvgIpc) is 2.58. The molecule has 6 nitrogen and oxygen atoms in total. The van der Waals surface area contributed by atoms with Crippen molar-refractivity contribution in [3.63, 3.8) is 0 Å². The predicted octanol–water partition coefficient (Wildman–Crippen LogP) is 1.01. The van der Waals surface area contributed by atoms with Gasteiger partial charge in [0.05, 0.1) is 9.89 Å². The second kappa shape index (κ2) is 4.89. The van der Waals surface area contributed by atoms with Crippen LogP contribution >= 0.6 is 27.3 Å². The largest absolute Gasteiger partial charge is 0.477 e. The second-order valence-electron chi connectivity index (χ2n) is 4.00. The number of hydrogen-bond acceptors (Lipinski definition) is 5. The molecule has 0 amide bonds. The van der Waals surface area contributed by atoms with Gasteiger partial charge in [-0.3, -0.25) is 0 Å². The van der Waals surface area contributed by atoms with Crippen LogP contribution in [0.3, 0.4) is 0 Å². The molecule has 0 unspecified atom stereocenters. The molecule has 1 aromatic rings. The zero-order valence-electron chi connectivity index (χ0n) is 8.96. The molecular formula is C9H10BrNO5S2. The number of aromatic carboxylic acids is 1. The van der Waals surface area contributed by atoms with E-state index in [4.69, 9.17) is 10.2 Å². The van der Waals surface area contributed by atoms with Crippen molar-refractivity contribution in [3.05, 3.63) is 14.7 Å². The maximum absolute atomic E-state index is 12.0. The molecule has 1 fully saturated rings. The van der Waals surface area contributed by atoms with Gasteiger partial charge in [0.15, 0.2) is 0 Å². The molecule has 0 bridgehead atoms. The van der Waals surface area contributed by atoms with Gasteiger partial charge in [-0.15, -0.1) is 11.3 Å². The minimum atomic E-state index is -3.75. The lowest BCUT2D eigenvalue weighted by atomic mass is 9.91. The lowest BCUT2D eigenvalue weighted by Gasteiger charge is -2.31. The van der Waals surface area contributed by atoms with Crippen LogP contribution in [-0.2, 0) is 10.0 Å². The molecule has 0 aliphatic heterocycles. The van der Waals surface area contributed by atoms with Crippen molar-refractivity contribution in [2.24, 2.45) is 0 Å². The molecule has 0 saturated heterocycles. The molecule has 3 N–H and O–H groups in total. The smallest absolute Gasteiger partial charge is 0.345 e. The first-order chi connectivity index (χ1) is 8.29. The van der Waals surface area contributed by atoms with Crippen molar-refractivity contribution >= 4 is 43.3 Å². The van der Waals surface area contributed by atoms with E-state index in [0.29, 0.717) is 12.8 Å². The summed E-state index contributed by atoms with van der Waals surface area (Å²) < 4.78 is 26.7. The highest BCUT2D eigenvalue weighted by Crippen LogP contribution is 2.32. The van der Waals surface area contributed by atoms with E-state index in [1.54, 1.807) is 0 Å². The maximum atomic E-state index is 12.0. The van der Waals surface area contributed by atoms with Crippen LogP contribution in [0.4, 0.5) is 0 Å². The van der Waals surface area contributed by atoms with Crippen molar-refractivity contribution in [2.75, 3.05) is 0 Å². The summed E-state index contributed by atoms with van der Waals surface area (Å²) in [6.45, 7) is 0. The van der Waals surface area contributed by atoms with Crippen molar-refractivity contribution in [3.8, 4) is 0 Å². The normalized spacial score (nSPS) is 23.7. The first-order valence-corrected chi connectivity index (χ1v) is 8.12. The summed E-state index contributed by atoms with van der Waals surface area (Å²) in [5.41, 5.74) is 0. The van der Waals surface area contributed by atoms with Gasteiger partial charge in [-0.1, -0.05) is 0 Å². The van der Waals surface area contributed by atoms with Crippen LogP contribution in [0.5, 0.6) is 0 Å². The first-order valence-electron chi connectivity index (χ1n) is 5.02. The molecule has 1 aliphatic rings. The SMILES string of the molecule is O=C(O)c1cc(S(=O)(=O)NC2CC(O)C2)c(Br)s1. The Hall–Kier alpha value is -0.480. The van der Waals surface area contributed by atoms with Crippen molar-refractivity contribution in [2.45, 2.75) is 29.9 Å². The molecule has 0 aromatic carbocycles. The Morgan fingerprint density at radius 2 is 2.11 bits per heavy atom. The highest BCUT2D eigenvalue weighted by atomic mass is 79.9. The van der Waals surface area contributed by atoms with Crippen molar-refractivity contribution in [1.82, 2.24) is 4.72 Å². The predicted molar refractivity (Wildman–Crippen MR) is 68.3 cm³/mol. The number of thiophene rings is 1. The van der Waals surface area contributed by atoms with E-state index in [1.807, 2.05) is 0 Å². The number of sulfonamides is 1. The van der Waals surface area contributed by atoms with Crippen LogP contribution < -0.4 is 4.72 Å². The highest BCUT2D eigenvalue weighted by Gasteiger charge is 2.33. The topological polar surface area (TPSA) is 104 Å². The Morgan fingerprint density at radius 1 is 1.50 bits per heavy atom. The van der Waals surface area contributed by atoms with Gasteiger partial charge in [0.2, 0.25) is 10.0 Å². The fraction of sp³-hybridized carbons (Fsp3) is 0.444. The van der Waals surface area contributed by atoms with E-state index in [9.17, 15) is 13.2 Å². The Bertz CT molecular complexity index is 576. The van der Waals surface area contributed by atoms with Gasteiger partial charge >= 0.3 is 5.97 Å². The Kier molecular flexibility index (Phi) is 3.79. The zero-order valence-corrected chi connectivity index (χ0v) is 12.2. The minimum absolute atomic E-state index is 0.0455. The lowest BCUT2D eigenvalue weighted by Crippen LogP contribution is -2.46. The first kappa shape index (κ1) is 13.9. The molecule has 1 aliphatic carbocycles. The number of aliphatic hydroxyl groups is 1. The Balaban J connectivity index is 2.21. The summed E-state index contributed by atoms with van der Waals surface area (Å²) in [5.74, 6) is -1.17. The number of carboxylic acids is 1. The van der Waals surface area contributed by atoms with Crippen LogP contribution in [0.2, 0.25) is 0 Å². The van der Waals surface area contributed by atoms with Gasteiger partial charge in [-0.25, -0.2) is 17.9 Å². The fourth-order valence-corrected chi connectivity index (χ4v) is 5.27. The maximum Gasteiger partial charge on any atom is 0.345 e. The number of carboxylic acid groups (broad SMARTS) is 1. The van der Waals surface area contributed by atoms with Crippen LogP contribution in [-0.4, -0.2) is 36.7 Å². The summed E-state index contributed by atoms with van der Waals surface area (Å²) in [4.78, 5) is 10.6. The molecule has 18 heavy (non-hydrogen) atoms. The summed E-state index contributed by atoms with van der Waals surface area (Å²) in [7, 11) is -3.75. The summed E-state index contributed by atoms with van der Waals surface area (Å²) in [6.07, 6.45) is 0.303. The third-order valence-corrected chi connectivity index (χ3v) is 6.35. The summed E-state index contributed by atoms with van der Waals surface area (Å²) >= 11 is 3.90. The molecular weight excluding hydrogens is 346 g/mol. The molecule has 1 heterocycles. The standard InChI is InChI=1S/C9H10BrNO5S2/c10-8-7(3-6(17-8)9(13)14)18(15,16)11-4-1-5(12)2-4/h3-5,11-12H,1-2H2,(H,13,14). The van der Waals surface area contributed by atoms with Crippen LogP contribution in [0, 0.1) is 0 Å². The monoisotopic (exact) mass is 355 g/mol. The van der Waals surface area contributed by atoms with Crippen LogP contribution in [0.15, 0.2) is 14.7 Å². The van der Waals surface area contributed by atoms with E-state index < -0.39 is 22.1 Å². The third-order valence-electron chi connectivity index (χ3n) is 2.59. The summed E-state index contributed by atoms with van der Waals surface area (Å²) in [5, 5.41) is 17.9. The third kappa shape index (κ3) is 2.75. The molecule has 0 spiro atoms. The second-order valence-corrected chi connectivity index (χ2v) is 8.05. The number of hydrogen-bond donors (Lipinski definition) is 3. The van der Waals surface area contributed by atoms with Crippen LogP contribution in [0.1, 0.15) is 22.5 Å². The number of halogens is 1. The number of rotatable bonds is 4. The van der Waals surface area contributed by atoms with E-state index in [2.05, 4.69) is 20.7 Å². The van der Waals surface area contributed by atoms with Gasteiger partial charge < -0.3 is 10.2 Å². The van der Waals surface area contributed by atoms with Crippen LogP contribution in [0.25, 0.3) is 0 Å². The molecule has 2 rings (SSSR count). The van der Waals surface area contributed by atoms with Gasteiger partial charge in [0.25, 0.3) is 0 Å². The fourth-order valence-electron chi connectivity index (χ4n) is 1.61. The van der Waals surface area contributed by atoms with E-state index in [0.717, 1.165) is 17.4 Å². The Morgan fingerprint density at radius 3 is 2.56 bits per heavy atom. The molecule has 9 heteroatoms. The summed E-state index contributed by atoms with van der Waals surface area (Å²) in [6, 6.07) is 0.833. The number of carbonyl (C=O) groups is 1. The van der Waals surface area contributed by atoms with E-state index >= 15 is 0 Å². The quantitative estimate of drug-likeness (QED) is 0.747.